The van der Waals surface area contributed by atoms with Gasteiger partial charge in [-0.3, -0.25) is 0 Å². The molecule has 92 valence electrons. The van der Waals surface area contributed by atoms with Gasteiger partial charge in [0.1, 0.15) is 6.61 Å². The summed E-state index contributed by atoms with van der Waals surface area (Å²) in [5.41, 5.74) is 6.09. The number of hydrogen-bond donors (Lipinski definition) is 1. The predicted octanol–water partition coefficient (Wildman–Crippen LogP) is 2.71. The van der Waals surface area contributed by atoms with Crippen LogP contribution in [0.1, 0.15) is 26.3 Å². The molecule has 1 rings (SSSR count). The Morgan fingerprint density at radius 3 is 2.59 bits per heavy atom. The van der Waals surface area contributed by atoms with Crippen molar-refractivity contribution in [3.05, 3.63) is 29.6 Å². The molecule has 17 heavy (non-hydrogen) atoms. The molecule has 0 saturated carbocycles. The number of hydrogen-bond acceptors (Lipinski definition) is 2. The Balaban J connectivity index is 2.60. The van der Waals surface area contributed by atoms with Gasteiger partial charge in [0, 0.05) is 12.0 Å². The molecule has 0 heterocycles. The van der Waals surface area contributed by atoms with Gasteiger partial charge in [0.2, 0.25) is 0 Å². The van der Waals surface area contributed by atoms with Crippen LogP contribution in [-0.4, -0.2) is 6.61 Å². The zero-order chi connectivity index (χ0) is 12.9. The summed E-state index contributed by atoms with van der Waals surface area (Å²) in [4.78, 5) is 0. The van der Waals surface area contributed by atoms with Crippen molar-refractivity contribution in [3.8, 4) is 17.6 Å². The molecule has 0 aliphatic heterocycles. The molecule has 0 aliphatic rings. The molecule has 0 spiro atoms. The standard InChI is InChI=1S/C14H18FNO/c1-14(2,3)7-4-8-17-13-6-5-11(10-16)9-12(13)15/h5-6,9H,8,10,16H2,1-3H3. The van der Waals surface area contributed by atoms with Crippen LogP contribution in [0.4, 0.5) is 4.39 Å². The molecular weight excluding hydrogens is 217 g/mol. The first-order valence-corrected chi connectivity index (χ1v) is 5.54. The Bertz CT molecular complexity index is 438. The Morgan fingerprint density at radius 1 is 1.35 bits per heavy atom. The molecule has 0 fully saturated rings. The molecular formula is C14H18FNO. The molecule has 1 aromatic rings. The Labute approximate surface area is 102 Å². The van der Waals surface area contributed by atoms with Crippen LogP contribution in [0.5, 0.6) is 5.75 Å². The van der Waals surface area contributed by atoms with E-state index in [1.54, 1.807) is 12.1 Å². The summed E-state index contributed by atoms with van der Waals surface area (Å²) >= 11 is 0. The van der Waals surface area contributed by atoms with Gasteiger partial charge in [-0.2, -0.15) is 0 Å². The quantitative estimate of drug-likeness (QED) is 0.817. The third kappa shape index (κ3) is 4.88. The van der Waals surface area contributed by atoms with Crippen LogP contribution in [-0.2, 0) is 6.54 Å². The molecule has 0 aliphatic carbocycles. The number of ether oxygens (including phenoxy) is 1. The molecule has 0 atom stereocenters. The fourth-order valence-electron chi connectivity index (χ4n) is 1.20. The minimum atomic E-state index is -0.398. The summed E-state index contributed by atoms with van der Waals surface area (Å²) in [6, 6.07) is 4.71. The van der Waals surface area contributed by atoms with Crippen molar-refractivity contribution in [3.63, 3.8) is 0 Å². The third-order valence-corrected chi connectivity index (χ3v) is 2.00. The Kier molecular flexibility index (Phi) is 4.53. The van der Waals surface area contributed by atoms with Crippen LogP contribution in [0.3, 0.4) is 0 Å². The van der Waals surface area contributed by atoms with Gasteiger partial charge in [0.25, 0.3) is 0 Å². The van der Waals surface area contributed by atoms with Crippen molar-refractivity contribution < 1.29 is 9.13 Å². The van der Waals surface area contributed by atoms with Crippen LogP contribution in [0.25, 0.3) is 0 Å². The Hall–Kier alpha value is -1.53. The average Bonchev–Trinajstić information content (AvgIpc) is 2.24. The minimum absolute atomic E-state index is 0.0642. The van der Waals surface area contributed by atoms with Gasteiger partial charge in [-0.05, 0) is 38.5 Å². The summed E-state index contributed by atoms with van der Waals surface area (Å²) < 4.78 is 18.7. The molecule has 0 amide bonds. The van der Waals surface area contributed by atoms with E-state index in [0.29, 0.717) is 6.54 Å². The van der Waals surface area contributed by atoms with Gasteiger partial charge in [-0.25, -0.2) is 4.39 Å². The number of nitrogens with two attached hydrogens (primary N) is 1. The van der Waals surface area contributed by atoms with E-state index in [-0.39, 0.29) is 17.8 Å². The smallest absolute Gasteiger partial charge is 0.165 e. The summed E-state index contributed by atoms with van der Waals surface area (Å²) in [6.07, 6.45) is 0. The van der Waals surface area contributed by atoms with E-state index in [1.165, 1.54) is 6.07 Å². The number of halogens is 1. The SMILES string of the molecule is CC(C)(C)C#CCOc1ccc(CN)cc1F. The second-order valence-corrected chi connectivity index (χ2v) is 4.81. The molecule has 2 N–H and O–H groups in total. The van der Waals surface area contributed by atoms with Gasteiger partial charge in [0.05, 0.1) is 0 Å². The molecule has 1 aromatic carbocycles. The zero-order valence-electron chi connectivity index (χ0n) is 10.5. The Morgan fingerprint density at radius 2 is 2.06 bits per heavy atom. The van der Waals surface area contributed by atoms with Crippen molar-refractivity contribution in [2.24, 2.45) is 11.1 Å². The lowest BCUT2D eigenvalue weighted by molar-refractivity contribution is 0.347. The van der Waals surface area contributed by atoms with Crippen molar-refractivity contribution >= 4 is 0 Å². The van der Waals surface area contributed by atoms with Crippen molar-refractivity contribution in [2.75, 3.05) is 6.61 Å². The van der Waals surface area contributed by atoms with E-state index in [0.717, 1.165) is 5.56 Å². The lowest BCUT2D eigenvalue weighted by Gasteiger charge is -2.08. The van der Waals surface area contributed by atoms with Gasteiger partial charge in [0.15, 0.2) is 11.6 Å². The summed E-state index contributed by atoms with van der Waals surface area (Å²) in [5, 5.41) is 0. The highest BCUT2D eigenvalue weighted by molar-refractivity contribution is 5.29. The lowest BCUT2D eigenvalue weighted by atomic mass is 9.98. The molecule has 0 radical (unpaired) electrons. The van der Waals surface area contributed by atoms with Gasteiger partial charge in [-0.1, -0.05) is 17.9 Å². The van der Waals surface area contributed by atoms with E-state index in [4.69, 9.17) is 10.5 Å². The highest BCUT2D eigenvalue weighted by Crippen LogP contribution is 2.18. The van der Waals surface area contributed by atoms with E-state index in [9.17, 15) is 4.39 Å². The topological polar surface area (TPSA) is 35.2 Å². The van der Waals surface area contributed by atoms with Crippen LogP contribution in [0, 0.1) is 23.1 Å². The van der Waals surface area contributed by atoms with Crippen LogP contribution >= 0.6 is 0 Å². The molecule has 0 unspecified atom stereocenters. The highest BCUT2D eigenvalue weighted by Gasteiger charge is 2.04. The fourth-order valence-corrected chi connectivity index (χ4v) is 1.20. The summed E-state index contributed by atoms with van der Waals surface area (Å²) in [7, 11) is 0. The molecule has 3 heteroatoms. The summed E-state index contributed by atoms with van der Waals surface area (Å²) in [5.74, 6) is 5.70. The fraction of sp³-hybridized carbons (Fsp3) is 0.429. The van der Waals surface area contributed by atoms with Crippen LogP contribution in [0.2, 0.25) is 0 Å². The molecule has 0 saturated heterocycles. The maximum absolute atomic E-state index is 13.5. The first-order valence-electron chi connectivity index (χ1n) is 5.54. The van der Waals surface area contributed by atoms with Crippen LogP contribution in [0.15, 0.2) is 18.2 Å². The molecule has 0 bridgehead atoms. The molecule has 2 nitrogen and oxygen atoms in total. The first kappa shape index (κ1) is 13.5. The third-order valence-electron chi connectivity index (χ3n) is 2.00. The maximum Gasteiger partial charge on any atom is 0.165 e. The second-order valence-electron chi connectivity index (χ2n) is 4.81. The van der Waals surface area contributed by atoms with Crippen LogP contribution < -0.4 is 10.5 Å². The van der Waals surface area contributed by atoms with Crippen molar-refractivity contribution in [2.45, 2.75) is 27.3 Å². The second kappa shape index (κ2) is 5.70. The van der Waals surface area contributed by atoms with E-state index in [2.05, 4.69) is 11.8 Å². The zero-order valence-corrected chi connectivity index (χ0v) is 10.5. The monoisotopic (exact) mass is 235 g/mol. The number of benzene rings is 1. The predicted molar refractivity (Wildman–Crippen MR) is 67.0 cm³/mol. The van der Waals surface area contributed by atoms with E-state index >= 15 is 0 Å². The normalized spacial score (nSPS) is 10.6. The lowest BCUT2D eigenvalue weighted by Crippen LogP contribution is -2.03. The van der Waals surface area contributed by atoms with E-state index < -0.39 is 5.82 Å². The van der Waals surface area contributed by atoms with E-state index in [1.807, 2.05) is 20.8 Å². The highest BCUT2D eigenvalue weighted by atomic mass is 19.1. The van der Waals surface area contributed by atoms with Gasteiger partial charge < -0.3 is 10.5 Å². The molecule has 0 aromatic heterocycles. The maximum atomic E-state index is 13.5. The minimum Gasteiger partial charge on any atom is -0.478 e. The largest absolute Gasteiger partial charge is 0.478 e. The average molecular weight is 235 g/mol. The van der Waals surface area contributed by atoms with Gasteiger partial charge in [-0.15, -0.1) is 0 Å². The summed E-state index contributed by atoms with van der Waals surface area (Å²) in [6.45, 7) is 6.54. The van der Waals surface area contributed by atoms with Gasteiger partial charge >= 0.3 is 0 Å². The first-order chi connectivity index (χ1) is 7.92. The number of rotatable bonds is 3. The van der Waals surface area contributed by atoms with Crippen molar-refractivity contribution in [1.29, 1.82) is 0 Å². The van der Waals surface area contributed by atoms with Crippen molar-refractivity contribution in [1.82, 2.24) is 0 Å².